The van der Waals surface area contributed by atoms with Crippen LogP contribution in [-0.2, 0) is 11.0 Å². The van der Waals surface area contributed by atoms with Gasteiger partial charge in [0.25, 0.3) is 5.24 Å². The third-order valence-electron chi connectivity index (χ3n) is 5.15. The van der Waals surface area contributed by atoms with E-state index in [-0.39, 0.29) is 27.8 Å². The van der Waals surface area contributed by atoms with Crippen LogP contribution >= 0.6 is 23.4 Å². The van der Waals surface area contributed by atoms with Crippen LogP contribution in [0.1, 0.15) is 23.5 Å². The van der Waals surface area contributed by atoms with Gasteiger partial charge in [-0.2, -0.15) is 13.2 Å². The minimum Gasteiger partial charge on any atom is -0.493 e. The summed E-state index contributed by atoms with van der Waals surface area (Å²) >= 11 is 6.91. The predicted molar refractivity (Wildman–Crippen MR) is 108 cm³/mol. The van der Waals surface area contributed by atoms with Crippen molar-refractivity contribution in [3.8, 4) is 17.2 Å². The van der Waals surface area contributed by atoms with E-state index in [0.717, 1.165) is 35.5 Å². The number of rotatable bonds is 3. The molecular formula is C19H14BClF3NO4S. The standard InChI is InChI=1S/C19H14BClF3NO4S/c20-18(16(26)25-17(27)30-18)12-5-6-28-15-8-10(2-3-11(12)15)29-14-4-1-9(7-13(14)21)19(22,23)24/h1-4,7-8,12H,5-6,20H2,(H,25,26,27)/t12-,18+/m0/s1. The average Bonchev–Trinajstić information content (AvgIpc) is 2.94. The fraction of sp³-hybridized carbons (Fsp3) is 0.263. The normalized spacial score (nSPS) is 23.5. The Labute approximate surface area is 179 Å². The van der Waals surface area contributed by atoms with Crippen LogP contribution in [0.5, 0.6) is 17.2 Å². The zero-order chi connectivity index (χ0) is 21.7. The van der Waals surface area contributed by atoms with Gasteiger partial charge in [0.15, 0.2) is 0 Å². The molecule has 11 heteroatoms. The number of thioether (sulfide) groups is 1. The molecule has 2 aliphatic rings. The van der Waals surface area contributed by atoms with Crippen molar-refractivity contribution in [3.05, 3.63) is 52.5 Å². The Kier molecular flexibility index (Phi) is 5.18. The van der Waals surface area contributed by atoms with E-state index in [1.54, 1.807) is 26.0 Å². The number of nitrogens with one attached hydrogen (secondary N) is 1. The molecule has 5 nitrogen and oxygen atoms in total. The van der Waals surface area contributed by atoms with Crippen molar-refractivity contribution in [2.45, 2.75) is 23.2 Å². The minimum absolute atomic E-state index is 0.0697. The summed E-state index contributed by atoms with van der Waals surface area (Å²) in [6.07, 6.45) is -3.94. The van der Waals surface area contributed by atoms with E-state index in [1.807, 2.05) is 0 Å². The molecule has 1 fully saturated rings. The van der Waals surface area contributed by atoms with Gasteiger partial charge in [-0.15, -0.1) is 0 Å². The van der Waals surface area contributed by atoms with E-state index >= 15 is 0 Å². The van der Waals surface area contributed by atoms with Gasteiger partial charge in [0.1, 0.15) is 25.1 Å². The molecule has 1 saturated heterocycles. The average molecular weight is 456 g/mol. The second-order valence-electron chi connectivity index (χ2n) is 7.09. The fourth-order valence-corrected chi connectivity index (χ4v) is 4.88. The number of imide groups is 1. The van der Waals surface area contributed by atoms with E-state index in [0.29, 0.717) is 24.5 Å². The number of carbonyl (C=O) groups excluding carboxylic acids is 2. The first kappa shape index (κ1) is 20.9. The van der Waals surface area contributed by atoms with E-state index in [9.17, 15) is 22.8 Å². The largest absolute Gasteiger partial charge is 0.493 e. The minimum atomic E-state index is -4.50. The summed E-state index contributed by atoms with van der Waals surface area (Å²) in [5.74, 6) is 0.287. The highest BCUT2D eigenvalue weighted by Crippen LogP contribution is 2.48. The number of ether oxygens (including phenoxy) is 2. The lowest BCUT2D eigenvalue weighted by Gasteiger charge is -2.35. The van der Waals surface area contributed by atoms with Gasteiger partial charge in [-0.1, -0.05) is 29.4 Å². The summed E-state index contributed by atoms with van der Waals surface area (Å²) in [7, 11) is 1.73. The number of carbonyl (C=O) groups is 2. The van der Waals surface area contributed by atoms with Crippen LogP contribution in [0.25, 0.3) is 0 Å². The highest BCUT2D eigenvalue weighted by atomic mass is 35.5. The van der Waals surface area contributed by atoms with Crippen LogP contribution in [0.4, 0.5) is 18.0 Å². The molecule has 1 N–H and O–H groups in total. The summed E-state index contributed by atoms with van der Waals surface area (Å²) in [4.78, 5) is 24.0. The van der Waals surface area contributed by atoms with Gasteiger partial charge in [0, 0.05) is 12.0 Å². The molecule has 0 spiro atoms. The molecule has 0 aromatic heterocycles. The first-order valence-corrected chi connectivity index (χ1v) is 10.1. The lowest BCUT2D eigenvalue weighted by molar-refractivity contribution is -0.137. The van der Waals surface area contributed by atoms with Crippen LogP contribution in [0.3, 0.4) is 0 Å². The van der Waals surface area contributed by atoms with Gasteiger partial charge in [-0.25, -0.2) is 0 Å². The zero-order valence-electron chi connectivity index (χ0n) is 15.5. The maximum atomic E-state index is 12.8. The van der Waals surface area contributed by atoms with Gasteiger partial charge < -0.3 is 9.47 Å². The Bertz CT molecular complexity index is 1050. The summed E-state index contributed by atoms with van der Waals surface area (Å²) in [5.41, 5.74) is -0.112. The highest BCUT2D eigenvalue weighted by molar-refractivity contribution is 8.17. The summed E-state index contributed by atoms with van der Waals surface area (Å²) in [6.45, 7) is 0.347. The Balaban J connectivity index is 1.61. The molecule has 2 atom stereocenters. The quantitative estimate of drug-likeness (QED) is 0.698. The molecule has 0 saturated carbocycles. The number of alkyl halides is 3. The lowest BCUT2D eigenvalue weighted by atomic mass is 9.69. The van der Waals surface area contributed by atoms with Crippen LogP contribution in [0.15, 0.2) is 36.4 Å². The second-order valence-corrected chi connectivity index (χ2v) is 8.92. The van der Waals surface area contributed by atoms with Crippen molar-refractivity contribution in [2.75, 3.05) is 6.61 Å². The SMILES string of the molecule is B[C@]1([C@H]2CCOc3cc(Oc4ccc(C(F)(F)F)cc4Cl)ccc32)SC(=O)NC1=O. The van der Waals surface area contributed by atoms with Crippen LogP contribution < -0.4 is 14.8 Å². The smallest absolute Gasteiger partial charge is 0.416 e. The fourth-order valence-electron chi connectivity index (χ4n) is 3.60. The van der Waals surface area contributed by atoms with Crippen molar-refractivity contribution in [1.29, 1.82) is 0 Å². The maximum Gasteiger partial charge on any atom is 0.416 e. The van der Waals surface area contributed by atoms with Crippen LogP contribution in [0.2, 0.25) is 5.02 Å². The van der Waals surface area contributed by atoms with Crippen molar-refractivity contribution < 1.29 is 32.2 Å². The van der Waals surface area contributed by atoms with Gasteiger partial charge in [0.2, 0.25) is 5.91 Å². The van der Waals surface area contributed by atoms with Gasteiger partial charge in [-0.3, -0.25) is 14.9 Å². The van der Waals surface area contributed by atoms with Crippen LogP contribution in [-0.4, -0.2) is 30.2 Å². The van der Waals surface area contributed by atoms with Crippen molar-refractivity contribution >= 4 is 42.4 Å². The number of halogens is 4. The molecule has 0 radical (unpaired) electrons. The maximum absolute atomic E-state index is 12.8. The molecule has 30 heavy (non-hydrogen) atoms. The Morgan fingerprint density at radius 1 is 1.23 bits per heavy atom. The predicted octanol–water partition coefficient (Wildman–Crippen LogP) is 4.33. The molecule has 2 aromatic rings. The molecule has 2 aliphatic heterocycles. The molecule has 4 rings (SSSR count). The zero-order valence-corrected chi connectivity index (χ0v) is 17.1. The molecule has 0 bridgehead atoms. The Morgan fingerprint density at radius 3 is 2.63 bits per heavy atom. The van der Waals surface area contributed by atoms with Crippen molar-refractivity contribution in [2.24, 2.45) is 0 Å². The molecule has 2 aromatic carbocycles. The van der Waals surface area contributed by atoms with E-state index in [2.05, 4.69) is 5.32 Å². The first-order chi connectivity index (χ1) is 14.1. The number of benzene rings is 2. The third-order valence-corrected chi connectivity index (χ3v) is 6.62. The number of hydrogen-bond donors (Lipinski definition) is 1. The Morgan fingerprint density at radius 2 is 2.00 bits per heavy atom. The molecule has 2 amide bonds. The second kappa shape index (κ2) is 7.42. The molecular weight excluding hydrogens is 442 g/mol. The lowest BCUT2D eigenvalue weighted by Crippen LogP contribution is -2.44. The Hall–Kier alpha value is -2.33. The van der Waals surface area contributed by atoms with Gasteiger partial charge >= 0.3 is 6.18 Å². The van der Waals surface area contributed by atoms with Gasteiger partial charge in [-0.05, 0) is 36.2 Å². The third kappa shape index (κ3) is 3.74. The summed E-state index contributed by atoms with van der Waals surface area (Å²) < 4.78 is 48.8. The monoisotopic (exact) mass is 455 g/mol. The van der Waals surface area contributed by atoms with E-state index in [4.69, 9.17) is 21.1 Å². The molecule has 0 unspecified atom stereocenters. The molecule has 156 valence electrons. The van der Waals surface area contributed by atoms with Crippen molar-refractivity contribution in [3.63, 3.8) is 0 Å². The van der Waals surface area contributed by atoms with E-state index < -0.39 is 16.4 Å². The summed E-state index contributed by atoms with van der Waals surface area (Å²) in [5, 5.41) is 1.77. The van der Waals surface area contributed by atoms with Crippen LogP contribution in [0, 0.1) is 0 Å². The van der Waals surface area contributed by atoms with Crippen molar-refractivity contribution in [1.82, 2.24) is 5.32 Å². The first-order valence-electron chi connectivity index (χ1n) is 8.94. The number of fused-ring (bicyclic) bond motifs is 1. The topological polar surface area (TPSA) is 64.6 Å². The molecule has 0 aliphatic carbocycles. The van der Waals surface area contributed by atoms with E-state index in [1.165, 1.54) is 0 Å². The highest BCUT2D eigenvalue weighted by Gasteiger charge is 2.51. The number of hydrogen-bond acceptors (Lipinski definition) is 5. The summed E-state index contributed by atoms with van der Waals surface area (Å²) in [6, 6.07) is 7.79. The van der Waals surface area contributed by atoms with Gasteiger partial charge in [0.05, 0.1) is 21.8 Å². The molecule has 2 heterocycles. The number of amides is 2.